The molecule has 0 atom stereocenters. The van der Waals surface area contributed by atoms with E-state index in [-0.39, 0.29) is 52.8 Å². The average molecular weight is 792 g/mol. The van der Waals surface area contributed by atoms with Crippen LogP contribution in [-0.2, 0) is 59.4 Å². The molecule has 42 heavy (non-hydrogen) atoms. The number of hydrogen-bond donors (Lipinski definition) is 0. The van der Waals surface area contributed by atoms with Gasteiger partial charge >= 0.3 is 0 Å². The molecule has 3 heterocycles. The third-order valence-electron chi connectivity index (χ3n) is 6.90. The standard InChI is InChI=1S/C22H12NO.C15H10N.Ir.Y/c1-2-7-15(8-3-1)17-10-6-11-18-19(17)14-24-21-13-16-9-4-5-12-20(16)23-22(18)21;1-2-6-12(7-3-1)15-11-10-13-8-4-5-9-14(13)16-15;;/h1-7,9,12-13H,14H2;1-6,8-11H;;/q-3;-1;;. The fraction of sp³-hybridized carbons (Fsp3) is 0.0270. The second-order valence-corrected chi connectivity index (χ2v) is 9.42. The smallest absolute Gasteiger partial charge is 0.141 e. The zero-order valence-electron chi connectivity index (χ0n) is 22.5. The minimum atomic E-state index is 0. The second kappa shape index (κ2) is 13.6. The van der Waals surface area contributed by atoms with Gasteiger partial charge in [-0.25, -0.2) is 22.7 Å². The molecular formula is C37H22IrN2OY-4. The molecule has 2 aromatic heterocycles. The third-order valence-corrected chi connectivity index (χ3v) is 6.90. The van der Waals surface area contributed by atoms with Crippen LogP contribution < -0.4 is 4.74 Å². The third kappa shape index (κ3) is 6.14. The molecular weight excluding hydrogens is 770 g/mol. The van der Waals surface area contributed by atoms with Gasteiger partial charge in [-0.3, -0.25) is 17.1 Å². The number of nitrogens with zero attached hydrogens (tertiary/aromatic N) is 2. The minimum Gasteiger partial charge on any atom is -0.505 e. The Morgan fingerprint density at radius 2 is 1.24 bits per heavy atom. The van der Waals surface area contributed by atoms with E-state index in [0.29, 0.717) is 6.61 Å². The Morgan fingerprint density at radius 3 is 1.98 bits per heavy atom. The molecule has 0 bridgehead atoms. The zero-order valence-corrected chi connectivity index (χ0v) is 27.7. The van der Waals surface area contributed by atoms with Gasteiger partial charge in [0.15, 0.2) is 0 Å². The molecule has 0 amide bonds. The first kappa shape index (κ1) is 29.9. The number of hydrogen-bond acceptors (Lipinski definition) is 3. The maximum Gasteiger partial charge on any atom is 0.141 e. The summed E-state index contributed by atoms with van der Waals surface area (Å²) < 4.78 is 6.00. The van der Waals surface area contributed by atoms with Crippen molar-refractivity contribution in [3.05, 3.63) is 151 Å². The van der Waals surface area contributed by atoms with Crippen LogP contribution in [0.15, 0.2) is 121 Å². The van der Waals surface area contributed by atoms with Crippen molar-refractivity contribution < 1.29 is 57.6 Å². The molecule has 0 unspecified atom stereocenters. The van der Waals surface area contributed by atoms with Gasteiger partial charge < -0.3 is 21.9 Å². The fourth-order valence-corrected chi connectivity index (χ4v) is 4.93. The summed E-state index contributed by atoms with van der Waals surface area (Å²) in [5, 5.41) is 2.25. The molecule has 1 aliphatic rings. The molecule has 7 aromatic rings. The summed E-state index contributed by atoms with van der Waals surface area (Å²) >= 11 is 0. The molecule has 0 saturated carbocycles. The Bertz CT molecular complexity index is 1960. The van der Waals surface area contributed by atoms with Gasteiger partial charge in [0.25, 0.3) is 0 Å². The van der Waals surface area contributed by atoms with Crippen molar-refractivity contribution in [2.75, 3.05) is 0 Å². The van der Waals surface area contributed by atoms with Crippen molar-refractivity contribution in [3.8, 4) is 39.4 Å². The Balaban J connectivity index is 0.000000172. The van der Waals surface area contributed by atoms with E-state index in [2.05, 4.69) is 47.4 Å². The van der Waals surface area contributed by atoms with Crippen LogP contribution in [0.3, 0.4) is 0 Å². The van der Waals surface area contributed by atoms with Crippen molar-refractivity contribution in [2.24, 2.45) is 0 Å². The first-order valence-corrected chi connectivity index (χ1v) is 13.1. The molecule has 2 radical (unpaired) electrons. The number of para-hydroxylation sites is 2. The van der Waals surface area contributed by atoms with E-state index in [1.165, 1.54) is 5.39 Å². The minimum absolute atomic E-state index is 0. The zero-order chi connectivity index (χ0) is 26.7. The predicted molar refractivity (Wildman–Crippen MR) is 159 cm³/mol. The molecule has 0 N–H and O–H groups in total. The van der Waals surface area contributed by atoms with Crippen LogP contribution in [0.25, 0.3) is 55.4 Å². The summed E-state index contributed by atoms with van der Waals surface area (Å²) in [5.41, 5.74) is 8.91. The normalized spacial score (nSPS) is 11.0. The number of benzene rings is 5. The van der Waals surface area contributed by atoms with Crippen molar-refractivity contribution in [1.82, 2.24) is 9.97 Å². The van der Waals surface area contributed by atoms with Gasteiger partial charge in [0, 0.05) is 64.8 Å². The number of aromatic nitrogens is 2. The quantitative estimate of drug-likeness (QED) is 0.165. The van der Waals surface area contributed by atoms with E-state index >= 15 is 0 Å². The van der Waals surface area contributed by atoms with Crippen LogP contribution in [0.2, 0.25) is 0 Å². The maximum atomic E-state index is 6.00. The van der Waals surface area contributed by atoms with Crippen LogP contribution >= 0.6 is 0 Å². The Kier molecular flexibility index (Phi) is 9.72. The Morgan fingerprint density at radius 1 is 0.595 bits per heavy atom. The first-order valence-electron chi connectivity index (χ1n) is 13.1. The summed E-state index contributed by atoms with van der Waals surface area (Å²) in [6.07, 6.45) is 0. The monoisotopic (exact) mass is 792 g/mol. The number of ether oxygens (including phenoxy) is 1. The second-order valence-electron chi connectivity index (χ2n) is 9.42. The van der Waals surface area contributed by atoms with E-state index < -0.39 is 0 Å². The predicted octanol–water partition coefficient (Wildman–Crippen LogP) is 8.56. The van der Waals surface area contributed by atoms with Crippen LogP contribution in [0.5, 0.6) is 5.75 Å². The molecule has 8 rings (SSSR count). The summed E-state index contributed by atoms with van der Waals surface area (Å²) in [5.74, 6) is 0.812. The molecule has 202 valence electrons. The van der Waals surface area contributed by atoms with Gasteiger partial charge in [0.1, 0.15) is 5.75 Å². The fourth-order valence-electron chi connectivity index (χ4n) is 4.93. The van der Waals surface area contributed by atoms with Crippen LogP contribution in [0.1, 0.15) is 5.56 Å². The molecule has 5 aromatic carbocycles. The first-order chi connectivity index (χ1) is 19.8. The largest absolute Gasteiger partial charge is 0.505 e. The van der Waals surface area contributed by atoms with E-state index in [0.717, 1.165) is 61.4 Å². The molecule has 0 spiro atoms. The van der Waals surface area contributed by atoms with E-state index in [9.17, 15) is 0 Å². The number of pyridine rings is 2. The van der Waals surface area contributed by atoms with Gasteiger partial charge in [-0.1, -0.05) is 48.5 Å². The van der Waals surface area contributed by atoms with Gasteiger partial charge in [0.05, 0.1) is 16.7 Å². The van der Waals surface area contributed by atoms with Crippen molar-refractivity contribution >= 4 is 21.8 Å². The molecule has 0 aliphatic carbocycles. The van der Waals surface area contributed by atoms with E-state index in [1.54, 1.807) is 0 Å². The van der Waals surface area contributed by atoms with Crippen LogP contribution in [0.4, 0.5) is 0 Å². The topological polar surface area (TPSA) is 35.0 Å². The number of fused-ring (bicyclic) bond motifs is 5. The van der Waals surface area contributed by atoms with Crippen LogP contribution in [-0.4, -0.2) is 9.97 Å². The molecule has 1 aliphatic heterocycles. The van der Waals surface area contributed by atoms with Gasteiger partial charge in [-0.05, 0) is 29.3 Å². The summed E-state index contributed by atoms with van der Waals surface area (Å²) in [4.78, 5) is 9.43. The van der Waals surface area contributed by atoms with Crippen molar-refractivity contribution in [2.45, 2.75) is 6.61 Å². The van der Waals surface area contributed by atoms with Gasteiger partial charge in [-0.2, -0.15) is 17.7 Å². The molecule has 3 nitrogen and oxygen atoms in total. The molecule has 0 saturated heterocycles. The van der Waals surface area contributed by atoms with Gasteiger partial charge in [0.2, 0.25) is 0 Å². The van der Waals surface area contributed by atoms with Crippen LogP contribution in [0, 0.1) is 24.3 Å². The Hall–Kier alpha value is -3.53. The number of rotatable bonds is 2. The van der Waals surface area contributed by atoms with E-state index in [4.69, 9.17) is 9.72 Å². The average Bonchev–Trinajstić information content (AvgIpc) is 3.04. The summed E-state index contributed by atoms with van der Waals surface area (Å²) in [6.45, 7) is 0.494. The maximum absolute atomic E-state index is 6.00. The summed E-state index contributed by atoms with van der Waals surface area (Å²) in [6, 6.07) is 53.1. The van der Waals surface area contributed by atoms with Gasteiger partial charge in [-0.15, -0.1) is 42.0 Å². The van der Waals surface area contributed by atoms with Crippen molar-refractivity contribution in [1.29, 1.82) is 0 Å². The SMILES string of the molecule is [Ir].[Y].[c-]1ccccc1-c1[c-]c[c-]c2c1COc1cc3ccccc3nc1-2.[c-]1ccccc1-c1ccc2ccccc2n1. The molecule has 0 fully saturated rings. The Labute approximate surface area is 284 Å². The summed E-state index contributed by atoms with van der Waals surface area (Å²) in [7, 11) is 0. The van der Waals surface area contributed by atoms with E-state index in [1.807, 2.05) is 103 Å². The molecule has 5 heteroatoms. The van der Waals surface area contributed by atoms with Crippen molar-refractivity contribution in [3.63, 3.8) is 0 Å².